The van der Waals surface area contributed by atoms with Crippen LogP contribution in [0.4, 0.5) is 4.79 Å². The van der Waals surface area contributed by atoms with E-state index < -0.39 is 23.3 Å². The average Bonchev–Trinajstić information content (AvgIpc) is 2.88. The number of rotatable bonds is 9. The largest absolute Gasteiger partial charge is 0.328 e. The molecule has 1 aliphatic heterocycles. The van der Waals surface area contributed by atoms with Crippen molar-refractivity contribution in [2.24, 2.45) is 0 Å². The molecule has 3 aromatic rings. The highest BCUT2D eigenvalue weighted by Crippen LogP contribution is 2.30. The molecule has 0 aromatic heterocycles. The lowest BCUT2D eigenvalue weighted by molar-refractivity contribution is -0.138. The van der Waals surface area contributed by atoms with Gasteiger partial charge in [-0.15, -0.1) is 0 Å². The highest BCUT2D eigenvalue weighted by molar-refractivity contribution is 6.22. The molecule has 1 saturated heterocycles. The summed E-state index contributed by atoms with van der Waals surface area (Å²) in [7, 11) is 0. The molecule has 35 heavy (non-hydrogen) atoms. The number of imide groups is 2. The Labute approximate surface area is 206 Å². The quantitative estimate of drug-likeness (QED) is 0.283. The van der Waals surface area contributed by atoms with Gasteiger partial charge in [0.2, 0.25) is 11.8 Å². The van der Waals surface area contributed by atoms with Crippen molar-refractivity contribution in [1.29, 1.82) is 0 Å². The third kappa shape index (κ3) is 7.09. The van der Waals surface area contributed by atoms with Crippen molar-refractivity contribution in [3.05, 3.63) is 108 Å². The summed E-state index contributed by atoms with van der Waals surface area (Å²) in [6.45, 7) is 5.59. The van der Waals surface area contributed by atoms with Gasteiger partial charge in [0.05, 0.1) is 0 Å². The molecular formula is C28H32N4O3. The number of nitrogens with one attached hydrogen (secondary N) is 4. The van der Waals surface area contributed by atoms with E-state index in [0.29, 0.717) is 12.0 Å². The molecule has 0 atom stereocenters. The van der Waals surface area contributed by atoms with Crippen molar-refractivity contribution in [2.75, 3.05) is 13.1 Å². The molecule has 0 unspecified atom stereocenters. The molecule has 1 aliphatic rings. The van der Waals surface area contributed by atoms with Crippen molar-refractivity contribution in [2.45, 2.75) is 31.8 Å². The zero-order valence-corrected chi connectivity index (χ0v) is 19.9. The summed E-state index contributed by atoms with van der Waals surface area (Å²) in [6.07, 6.45) is 0.294. The molecule has 4 amide bonds. The Balaban J connectivity index is 0.000000196. The first-order valence-corrected chi connectivity index (χ1v) is 11.8. The number of carbonyl (C=O) groups is 3. The smallest absolute Gasteiger partial charge is 0.311 e. The lowest BCUT2D eigenvalue weighted by Gasteiger charge is -2.33. The molecule has 0 spiro atoms. The number of barbiturate groups is 1. The minimum Gasteiger partial charge on any atom is -0.311 e. The molecule has 182 valence electrons. The summed E-state index contributed by atoms with van der Waals surface area (Å²) in [4.78, 5) is 35.0. The Morgan fingerprint density at radius 2 is 1.03 bits per heavy atom. The van der Waals surface area contributed by atoms with Gasteiger partial charge in [-0.1, -0.05) is 97.9 Å². The second-order valence-corrected chi connectivity index (χ2v) is 8.19. The number of hydrogen-bond acceptors (Lipinski definition) is 5. The van der Waals surface area contributed by atoms with Crippen LogP contribution >= 0.6 is 0 Å². The number of urea groups is 1. The van der Waals surface area contributed by atoms with Gasteiger partial charge in [0.25, 0.3) is 0 Å². The predicted molar refractivity (Wildman–Crippen MR) is 136 cm³/mol. The summed E-state index contributed by atoms with van der Waals surface area (Å²) >= 11 is 0. The van der Waals surface area contributed by atoms with Gasteiger partial charge in [0.15, 0.2) is 5.41 Å². The zero-order chi connectivity index (χ0) is 24.9. The number of carbonyl (C=O) groups excluding carboxylic acids is 3. The Bertz CT molecular complexity index is 1030. The molecule has 3 aromatic carbocycles. The summed E-state index contributed by atoms with van der Waals surface area (Å²) in [6, 6.07) is 28.9. The van der Waals surface area contributed by atoms with E-state index in [9.17, 15) is 14.4 Å². The molecule has 4 rings (SSSR count). The monoisotopic (exact) mass is 472 g/mol. The van der Waals surface area contributed by atoms with Gasteiger partial charge >= 0.3 is 6.03 Å². The van der Waals surface area contributed by atoms with Crippen LogP contribution < -0.4 is 21.3 Å². The van der Waals surface area contributed by atoms with E-state index in [-0.39, 0.29) is 0 Å². The zero-order valence-electron chi connectivity index (χ0n) is 19.9. The third-order valence-electron chi connectivity index (χ3n) is 5.85. The molecular weight excluding hydrogens is 440 g/mol. The molecule has 4 N–H and O–H groups in total. The fraction of sp³-hybridized carbons (Fsp3) is 0.250. The van der Waals surface area contributed by atoms with Crippen LogP contribution in [0, 0.1) is 0 Å². The van der Waals surface area contributed by atoms with Gasteiger partial charge in [0, 0.05) is 26.2 Å². The van der Waals surface area contributed by atoms with Gasteiger partial charge in [-0.3, -0.25) is 20.2 Å². The SMILES string of the molecule is CCC1(c2ccccc2)C(=O)NC(=O)NC1=O.c1ccc(CNCCNCc2ccccc2)cc1. The maximum Gasteiger partial charge on any atom is 0.328 e. The van der Waals surface area contributed by atoms with Crippen LogP contribution in [0.2, 0.25) is 0 Å². The standard InChI is InChI=1S/C16H20N2.C12H12N2O3/c1-3-7-15(8-4-1)13-17-11-12-18-14-16-9-5-2-6-10-16;1-2-12(8-6-4-3-5-7-8)9(15)13-11(17)14-10(12)16/h1-10,17-18H,11-14H2;3-7H,2H2,1H3,(H2,13,14,15,16,17). The van der Waals surface area contributed by atoms with Crippen molar-refractivity contribution in [3.8, 4) is 0 Å². The second kappa shape index (κ2) is 13.2. The Kier molecular flexibility index (Phi) is 9.71. The fourth-order valence-corrected chi connectivity index (χ4v) is 3.90. The highest BCUT2D eigenvalue weighted by Gasteiger charge is 2.50. The minimum absolute atomic E-state index is 0.294. The summed E-state index contributed by atoms with van der Waals surface area (Å²) in [5, 5.41) is 11.1. The molecule has 0 saturated carbocycles. The fourth-order valence-electron chi connectivity index (χ4n) is 3.90. The molecule has 1 heterocycles. The molecule has 1 fully saturated rings. The summed E-state index contributed by atoms with van der Waals surface area (Å²) < 4.78 is 0. The van der Waals surface area contributed by atoms with Crippen LogP contribution in [-0.2, 0) is 28.1 Å². The molecule has 0 aliphatic carbocycles. The predicted octanol–water partition coefficient (Wildman–Crippen LogP) is 3.27. The molecule has 7 nitrogen and oxygen atoms in total. The maximum absolute atomic E-state index is 12.0. The van der Waals surface area contributed by atoms with E-state index in [2.05, 4.69) is 69.8 Å². The van der Waals surface area contributed by atoms with Gasteiger partial charge in [-0.05, 0) is 23.1 Å². The third-order valence-corrected chi connectivity index (χ3v) is 5.85. The van der Waals surface area contributed by atoms with Crippen LogP contribution in [0.3, 0.4) is 0 Å². The maximum atomic E-state index is 12.0. The highest BCUT2D eigenvalue weighted by atomic mass is 16.2. The Hall–Kier alpha value is -3.81. The van der Waals surface area contributed by atoms with E-state index in [1.807, 2.05) is 12.1 Å². The van der Waals surface area contributed by atoms with Crippen LogP contribution in [0.5, 0.6) is 0 Å². The van der Waals surface area contributed by atoms with Crippen LogP contribution in [0.1, 0.15) is 30.0 Å². The van der Waals surface area contributed by atoms with Crippen molar-refractivity contribution in [1.82, 2.24) is 21.3 Å². The van der Waals surface area contributed by atoms with Crippen molar-refractivity contribution >= 4 is 17.8 Å². The molecule has 7 heteroatoms. The first-order valence-electron chi connectivity index (χ1n) is 11.8. The van der Waals surface area contributed by atoms with Crippen LogP contribution in [-0.4, -0.2) is 30.9 Å². The normalized spacial score (nSPS) is 14.4. The Morgan fingerprint density at radius 3 is 1.43 bits per heavy atom. The van der Waals surface area contributed by atoms with Crippen molar-refractivity contribution in [3.63, 3.8) is 0 Å². The lowest BCUT2D eigenvalue weighted by atomic mass is 9.75. The van der Waals surface area contributed by atoms with Gasteiger partial charge in [0.1, 0.15) is 0 Å². The number of benzene rings is 3. The van der Waals surface area contributed by atoms with Crippen LogP contribution in [0.15, 0.2) is 91.0 Å². The van der Waals surface area contributed by atoms with Gasteiger partial charge < -0.3 is 10.6 Å². The number of amides is 4. The van der Waals surface area contributed by atoms with Crippen LogP contribution in [0.25, 0.3) is 0 Å². The average molecular weight is 473 g/mol. The first-order chi connectivity index (χ1) is 17.1. The Morgan fingerprint density at radius 1 is 0.629 bits per heavy atom. The minimum atomic E-state index is -1.31. The lowest BCUT2D eigenvalue weighted by Crippen LogP contribution is -2.64. The van der Waals surface area contributed by atoms with E-state index in [1.165, 1.54) is 11.1 Å². The van der Waals surface area contributed by atoms with E-state index >= 15 is 0 Å². The van der Waals surface area contributed by atoms with Crippen molar-refractivity contribution < 1.29 is 14.4 Å². The number of hydrogen-bond donors (Lipinski definition) is 4. The van der Waals surface area contributed by atoms with E-state index in [1.54, 1.807) is 37.3 Å². The summed E-state index contributed by atoms with van der Waals surface area (Å²) in [5.74, 6) is -1.14. The van der Waals surface area contributed by atoms with E-state index in [0.717, 1.165) is 26.2 Å². The molecule has 0 radical (unpaired) electrons. The van der Waals surface area contributed by atoms with Gasteiger partial charge in [-0.25, -0.2) is 4.79 Å². The molecule has 0 bridgehead atoms. The summed E-state index contributed by atoms with van der Waals surface area (Å²) in [5.41, 5.74) is 1.95. The van der Waals surface area contributed by atoms with Gasteiger partial charge in [-0.2, -0.15) is 0 Å². The first kappa shape index (κ1) is 25.8. The van der Waals surface area contributed by atoms with E-state index in [4.69, 9.17) is 0 Å². The second-order valence-electron chi connectivity index (χ2n) is 8.19. The topological polar surface area (TPSA) is 99.3 Å².